The van der Waals surface area contributed by atoms with Crippen LogP contribution in [-0.2, 0) is 4.79 Å². The fourth-order valence-corrected chi connectivity index (χ4v) is 3.40. The van der Waals surface area contributed by atoms with Gasteiger partial charge in [-0.05, 0) is 0 Å². The molecule has 0 aliphatic carbocycles. The molecule has 1 heterocycles. The molecular weight excluding hydrogens is 448 g/mol. The summed E-state index contributed by atoms with van der Waals surface area (Å²) in [5, 5.41) is 5.78. The number of benzene rings is 1. The van der Waals surface area contributed by atoms with E-state index in [1.54, 1.807) is 6.08 Å². The zero-order valence-electron chi connectivity index (χ0n) is 13.6. The summed E-state index contributed by atoms with van der Waals surface area (Å²) in [7, 11) is 0. The maximum absolute atomic E-state index is 12.2. The summed E-state index contributed by atoms with van der Waals surface area (Å²) >= 11 is 21.0. The van der Waals surface area contributed by atoms with E-state index in [0.29, 0.717) is 0 Å². The van der Waals surface area contributed by atoms with E-state index in [-0.39, 0.29) is 5.91 Å². The fraction of sp³-hybridized carbons (Fsp3) is 0.412. The Bertz CT molecular complexity index is 613. The normalized spacial score (nSPS) is 16.5. The molecule has 4 nitrogen and oxygen atoms in total. The molecule has 1 atom stereocenters. The van der Waals surface area contributed by atoms with Gasteiger partial charge in [0.05, 0.1) is 0 Å². The number of nitrogens with zero attached hydrogens (tertiary/aromatic N) is 1. The molecule has 1 aromatic carbocycles. The van der Waals surface area contributed by atoms with Crippen LogP contribution in [0.4, 0.5) is 0 Å². The van der Waals surface area contributed by atoms with E-state index in [2.05, 4.69) is 31.1 Å². The minimum atomic E-state index is -1.69. The van der Waals surface area contributed by atoms with Crippen LogP contribution in [0.25, 0.3) is 6.08 Å². The first-order valence-corrected chi connectivity index (χ1v) is 10.0. The van der Waals surface area contributed by atoms with Gasteiger partial charge >= 0.3 is 172 Å². The number of halogens is 3. The Morgan fingerprint density at radius 1 is 1.12 bits per heavy atom. The van der Waals surface area contributed by atoms with E-state index < -0.39 is 9.96 Å². The Morgan fingerprint density at radius 3 is 2.36 bits per heavy atom. The number of hydrogen-bond acceptors (Lipinski definition) is 3. The van der Waals surface area contributed by atoms with E-state index in [1.165, 1.54) is 12.5 Å². The van der Waals surface area contributed by atoms with Gasteiger partial charge < -0.3 is 0 Å². The number of rotatable bonds is 6. The molecular formula is C17H20Cl3N3OSe. The molecule has 2 N–H and O–H groups in total. The van der Waals surface area contributed by atoms with Crippen LogP contribution in [-0.4, -0.2) is 54.1 Å². The molecule has 0 spiro atoms. The molecule has 1 aliphatic rings. The van der Waals surface area contributed by atoms with Crippen LogP contribution >= 0.6 is 34.8 Å². The minimum absolute atomic E-state index is 0.348. The van der Waals surface area contributed by atoms with Gasteiger partial charge in [-0.15, -0.1) is 0 Å². The van der Waals surface area contributed by atoms with Crippen molar-refractivity contribution in [2.24, 2.45) is 0 Å². The molecule has 136 valence electrons. The molecule has 25 heavy (non-hydrogen) atoms. The second-order valence-corrected chi connectivity index (χ2v) is 8.90. The van der Waals surface area contributed by atoms with Gasteiger partial charge in [0, 0.05) is 0 Å². The third-order valence-corrected chi connectivity index (χ3v) is 5.20. The number of carbonyl (C=O) groups excluding carboxylic acids is 1. The number of hydrogen-bond donors (Lipinski definition) is 2. The van der Waals surface area contributed by atoms with Gasteiger partial charge in [-0.3, -0.25) is 0 Å². The monoisotopic (exact) mass is 467 g/mol. The summed E-state index contributed by atoms with van der Waals surface area (Å²) < 4.78 is -0.926. The summed E-state index contributed by atoms with van der Waals surface area (Å²) in [4.78, 5) is 14.3. The summed E-state index contributed by atoms with van der Waals surface area (Å²) in [5.41, 5.74) is 0.917. The van der Waals surface area contributed by atoms with Crippen LogP contribution in [0.1, 0.15) is 24.8 Å². The van der Waals surface area contributed by atoms with Crippen molar-refractivity contribution < 1.29 is 4.79 Å². The van der Waals surface area contributed by atoms with Crippen molar-refractivity contribution in [2.45, 2.75) is 29.2 Å². The zero-order valence-corrected chi connectivity index (χ0v) is 17.5. The summed E-state index contributed by atoms with van der Waals surface area (Å²) in [6.07, 6.45) is 5.73. The van der Waals surface area contributed by atoms with E-state index in [1.807, 2.05) is 30.3 Å². The van der Waals surface area contributed by atoms with Crippen molar-refractivity contribution >= 4 is 67.0 Å². The predicted octanol–water partition coefficient (Wildman–Crippen LogP) is 2.84. The summed E-state index contributed by atoms with van der Waals surface area (Å²) in [6, 6.07) is 9.51. The van der Waals surface area contributed by atoms with Crippen molar-refractivity contribution in [1.82, 2.24) is 15.5 Å². The third-order valence-electron chi connectivity index (χ3n) is 3.75. The van der Waals surface area contributed by atoms with Crippen molar-refractivity contribution in [3.63, 3.8) is 0 Å². The molecule has 1 saturated heterocycles. The number of carbonyl (C=O) groups is 1. The zero-order chi connectivity index (χ0) is 18.3. The summed E-state index contributed by atoms with van der Waals surface area (Å²) in [6.45, 7) is 1.87. The van der Waals surface area contributed by atoms with Crippen LogP contribution in [0.5, 0.6) is 0 Å². The standard InChI is InChI=1S/C17H20Cl3N3OSe/c18-17(19,20)15(22-16(25)23-11-5-2-6-12-23)21-14(24)10-9-13-7-3-1-4-8-13/h1,3-4,7-10,15H,2,5-6,11-12H2,(H,21,24)(H,22,25). The Kier molecular flexibility index (Phi) is 8.11. The quantitative estimate of drug-likeness (QED) is 0.293. The Hall–Kier alpha value is -0.711. The number of amides is 1. The molecule has 8 heteroatoms. The van der Waals surface area contributed by atoms with Gasteiger partial charge in [0.1, 0.15) is 0 Å². The number of piperidine rings is 1. The van der Waals surface area contributed by atoms with Gasteiger partial charge in [0.25, 0.3) is 0 Å². The molecule has 0 bridgehead atoms. The summed E-state index contributed by atoms with van der Waals surface area (Å²) in [5.74, 6) is -0.348. The van der Waals surface area contributed by atoms with Crippen LogP contribution in [0.15, 0.2) is 36.4 Å². The Morgan fingerprint density at radius 2 is 1.76 bits per heavy atom. The Labute approximate surface area is 171 Å². The number of likely N-dealkylation sites (tertiary alicyclic amines) is 1. The van der Waals surface area contributed by atoms with Gasteiger partial charge in [-0.25, -0.2) is 0 Å². The number of nitrogens with one attached hydrogen (secondary N) is 2. The molecule has 1 fully saturated rings. The average Bonchev–Trinajstić information content (AvgIpc) is 2.60. The first-order valence-electron chi connectivity index (χ1n) is 8.02. The van der Waals surface area contributed by atoms with Crippen molar-refractivity contribution in [3.8, 4) is 0 Å². The van der Waals surface area contributed by atoms with Crippen LogP contribution in [0, 0.1) is 0 Å². The van der Waals surface area contributed by atoms with Gasteiger partial charge in [-0.2, -0.15) is 0 Å². The maximum atomic E-state index is 12.2. The molecule has 0 radical (unpaired) electrons. The molecule has 1 aromatic rings. The van der Waals surface area contributed by atoms with Crippen LogP contribution in [0.3, 0.4) is 0 Å². The average molecular weight is 468 g/mol. The van der Waals surface area contributed by atoms with E-state index in [0.717, 1.165) is 36.2 Å². The topological polar surface area (TPSA) is 44.4 Å². The molecule has 0 saturated carbocycles. The second kappa shape index (κ2) is 9.84. The van der Waals surface area contributed by atoms with Crippen molar-refractivity contribution in [2.75, 3.05) is 13.1 Å². The molecule has 2 rings (SSSR count). The van der Waals surface area contributed by atoms with Crippen LogP contribution in [0.2, 0.25) is 0 Å². The van der Waals surface area contributed by atoms with Crippen molar-refractivity contribution in [1.29, 1.82) is 0 Å². The Balaban J connectivity index is 1.96. The van der Waals surface area contributed by atoms with Gasteiger partial charge in [-0.1, -0.05) is 0 Å². The molecule has 1 unspecified atom stereocenters. The van der Waals surface area contributed by atoms with Gasteiger partial charge in [0.15, 0.2) is 0 Å². The first kappa shape index (κ1) is 20.6. The fourth-order valence-electron chi connectivity index (χ4n) is 2.44. The number of alkyl halides is 3. The third kappa shape index (κ3) is 7.20. The van der Waals surface area contributed by atoms with E-state index >= 15 is 0 Å². The molecule has 1 aliphatic heterocycles. The van der Waals surface area contributed by atoms with E-state index in [4.69, 9.17) is 34.8 Å². The molecule has 1 amide bonds. The predicted molar refractivity (Wildman–Crippen MR) is 107 cm³/mol. The second-order valence-electron chi connectivity index (χ2n) is 5.72. The SMILES string of the molecule is O=C(C=Cc1ccccc1)NC(NC(=[Se])N1CCCCC1)C(Cl)(Cl)Cl. The van der Waals surface area contributed by atoms with Crippen LogP contribution < -0.4 is 10.6 Å². The van der Waals surface area contributed by atoms with Gasteiger partial charge in [0.2, 0.25) is 0 Å². The molecule has 0 aromatic heterocycles. The first-order chi connectivity index (χ1) is 11.9. The van der Waals surface area contributed by atoms with Crippen molar-refractivity contribution in [3.05, 3.63) is 42.0 Å². The van der Waals surface area contributed by atoms with E-state index in [9.17, 15) is 4.79 Å².